The summed E-state index contributed by atoms with van der Waals surface area (Å²) in [4.78, 5) is 29.2. The van der Waals surface area contributed by atoms with Crippen LogP contribution in [0, 0.1) is 23.7 Å². The predicted molar refractivity (Wildman–Crippen MR) is 96.9 cm³/mol. The van der Waals surface area contributed by atoms with Gasteiger partial charge in [0.15, 0.2) is 0 Å². The van der Waals surface area contributed by atoms with E-state index in [0.29, 0.717) is 13.0 Å². The minimum absolute atomic E-state index is 0.0627. The van der Waals surface area contributed by atoms with Crippen LogP contribution in [0.25, 0.3) is 0 Å². The van der Waals surface area contributed by atoms with Gasteiger partial charge >= 0.3 is 0 Å². The van der Waals surface area contributed by atoms with Crippen LogP contribution in [0.4, 0.5) is 0 Å². The fourth-order valence-corrected chi connectivity index (χ4v) is 6.37. The Bertz CT molecular complexity index is 510. The summed E-state index contributed by atoms with van der Waals surface area (Å²) >= 11 is 0. The highest BCUT2D eigenvalue weighted by Crippen LogP contribution is 2.55. The molecule has 25 heavy (non-hydrogen) atoms. The van der Waals surface area contributed by atoms with E-state index in [0.717, 1.165) is 37.3 Å². The molecule has 1 atom stereocenters. The van der Waals surface area contributed by atoms with Crippen molar-refractivity contribution >= 4 is 11.8 Å². The van der Waals surface area contributed by atoms with Crippen LogP contribution in [0.15, 0.2) is 0 Å². The van der Waals surface area contributed by atoms with Gasteiger partial charge in [-0.05, 0) is 83.3 Å². The molecule has 5 heteroatoms. The van der Waals surface area contributed by atoms with E-state index in [1.54, 1.807) is 0 Å². The zero-order chi connectivity index (χ0) is 17.6. The molecule has 4 saturated carbocycles. The number of rotatable bonds is 6. The molecule has 5 fully saturated rings. The second-order valence-corrected chi connectivity index (χ2v) is 9.58. The topological polar surface area (TPSA) is 52.6 Å². The molecule has 1 unspecified atom stereocenters. The van der Waals surface area contributed by atoms with Gasteiger partial charge in [0.2, 0.25) is 11.8 Å². The highest BCUT2D eigenvalue weighted by Gasteiger charge is 2.52. The van der Waals surface area contributed by atoms with Gasteiger partial charge in [0.1, 0.15) is 0 Å². The van der Waals surface area contributed by atoms with Crippen molar-refractivity contribution < 1.29 is 9.59 Å². The van der Waals surface area contributed by atoms with Crippen molar-refractivity contribution in [3.05, 3.63) is 0 Å². The number of nitrogens with zero attached hydrogens (tertiary/aromatic N) is 2. The summed E-state index contributed by atoms with van der Waals surface area (Å²) in [7, 11) is 4.10. The first kappa shape index (κ1) is 17.3. The molecule has 5 rings (SSSR count). The van der Waals surface area contributed by atoms with E-state index in [1.165, 1.54) is 38.5 Å². The fourth-order valence-electron chi connectivity index (χ4n) is 6.37. The van der Waals surface area contributed by atoms with E-state index in [9.17, 15) is 9.59 Å². The maximum Gasteiger partial charge on any atom is 0.225 e. The van der Waals surface area contributed by atoms with Gasteiger partial charge in [-0.3, -0.25) is 9.59 Å². The fraction of sp³-hybridized carbons (Fsp3) is 0.900. The van der Waals surface area contributed by atoms with Gasteiger partial charge in [-0.15, -0.1) is 0 Å². The van der Waals surface area contributed by atoms with Crippen molar-refractivity contribution in [2.75, 3.05) is 33.7 Å². The van der Waals surface area contributed by atoms with Crippen molar-refractivity contribution in [2.24, 2.45) is 23.7 Å². The Hall–Kier alpha value is -1.10. The number of amides is 2. The molecule has 2 amide bonds. The molecule has 5 aliphatic rings. The van der Waals surface area contributed by atoms with Crippen LogP contribution in [0.1, 0.15) is 51.4 Å². The van der Waals surface area contributed by atoms with E-state index >= 15 is 0 Å². The van der Waals surface area contributed by atoms with Crippen LogP contribution >= 0.6 is 0 Å². The largest absolute Gasteiger partial charge is 0.350 e. The third-order valence-electron chi connectivity index (χ3n) is 7.05. The molecular weight excluding hydrogens is 314 g/mol. The molecule has 1 aliphatic heterocycles. The zero-order valence-corrected chi connectivity index (χ0v) is 15.8. The summed E-state index contributed by atoms with van der Waals surface area (Å²) in [6.45, 7) is 2.37. The average Bonchev–Trinajstić information content (AvgIpc) is 2.86. The Morgan fingerprint density at radius 2 is 1.76 bits per heavy atom. The quantitative estimate of drug-likeness (QED) is 0.798. The van der Waals surface area contributed by atoms with E-state index in [2.05, 4.69) is 10.2 Å². The molecule has 1 heterocycles. The monoisotopic (exact) mass is 347 g/mol. The van der Waals surface area contributed by atoms with E-state index in [4.69, 9.17) is 0 Å². The van der Waals surface area contributed by atoms with Crippen LogP contribution in [0.3, 0.4) is 0 Å². The van der Waals surface area contributed by atoms with Crippen LogP contribution in [0.2, 0.25) is 0 Å². The Balaban J connectivity index is 1.32. The normalized spacial score (nSPS) is 39.5. The summed E-state index contributed by atoms with van der Waals surface area (Å²) in [5, 5.41) is 3.46. The molecule has 4 aliphatic carbocycles. The summed E-state index contributed by atoms with van der Waals surface area (Å²) in [6, 6.07) is 0. The molecule has 1 N–H and O–H groups in total. The first-order valence-electron chi connectivity index (χ1n) is 10.2. The summed E-state index contributed by atoms with van der Waals surface area (Å²) < 4.78 is 0. The number of carbonyl (C=O) groups is 2. The SMILES string of the molecule is CN(C)CCCN1CC(C(=O)NC23CC4CC(CC(C4)C2)C3)CC1=O. The standard InChI is InChI=1S/C20H33N3O2/c1-22(2)4-3-5-23-13-17(9-18(23)24)19(25)21-20-10-14-6-15(11-20)8-16(7-14)12-20/h14-17H,3-13H2,1-2H3,(H,21,25). The molecule has 140 valence electrons. The molecular formula is C20H33N3O2. The smallest absolute Gasteiger partial charge is 0.225 e. The molecule has 1 saturated heterocycles. The van der Waals surface area contributed by atoms with Gasteiger partial charge in [-0.1, -0.05) is 0 Å². The molecule has 0 radical (unpaired) electrons. The lowest BCUT2D eigenvalue weighted by molar-refractivity contribution is -0.131. The van der Waals surface area contributed by atoms with Crippen molar-refractivity contribution in [1.29, 1.82) is 0 Å². The van der Waals surface area contributed by atoms with Crippen LogP contribution in [-0.2, 0) is 9.59 Å². The third-order valence-corrected chi connectivity index (χ3v) is 7.05. The van der Waals surface area contributed by atoms with Crippen LogP contribution < -0.4 is 5.32 Å². The molecule has 0 aromatic heterocycles. The highest BCUT2D eigenvalue weighted by atomic mass is 16.2. The predicted octanol–water partition coefficient (Wildman–Crippen LogP) is 1.87. The minimum Gasteiger partial charge on any atom is -0.350 e. The lowest BCUT2D eigenvalue weighted by Crippen LogP contribution is -2.60. The summed E-state index contributed by atoms with van der Waals surface area (Å²) in [5.74, 6) is 2.66. The average molecular weight is 348 g/mol. The van der Waals surface area contributed by atoms with E-state index in [-0.39, 0.29) is 23.3 Å². The summed E-state index contributed by atoms with van der Waals surface area (Å²) in [6.07, 6.45) is 9.07. The Labute approximate surface area is 151 Å². The first-order chi connectivity index (χ1) is 11.9. The molecule has 0 aromatic rings. The van der Waals surface area contributed by atoms with Gasteiger partial charge in [0.25, 0.3) is 0 Å². The number of hydrogen-bond donors (Lipinski definition) is 1. The van der Waals surface area contributed by atoms with E-state index in [1.807, 2.05) is 19.0 Å². The number of hydrogen-bond acceptors (Lipinski definition) is 3. The van der Waals surface area contributed by atoms with Crippen LogP contribution in [-0.4, -0.2) is 60.9 Å². The first-order valence-corrected chi connectivity index (χ1v) is 10.2. The van der Waals surface area contributed by atoms with Crippen molar-refractivity contribution in [2.45, 2.75) is 56.9 Å². The maximum atomic E-state index is 12.9. The number of nitrogens with one attached hydrogen (secondary N) is 1. The second kappa shape index (κ2) is 6.57. The summed E-state index contributed by atoms with van der Waals surface area (Å²) in [5.41, 5.74) is 0.0627. The Kier molecular flexibility index (Phi) is 4.55. The molecule has 0 aromatic carbocycles. The minimum atomic E-state index is -0.139. The van der Waals surface area contributed by atoms with Crippen molar-refractivity contribution in [1.82, 2.24) is 15.1 Å². The van der Waals surface area contributed by atoms with E-state index < -0.39 is 0 Å². The van der Waals surface area contributed by atoms with Gasteiger partial charge in [0.05, 0.1) is 5.92 Å². The second-order valence-electron chi connectivity index (χ2n) is 9.58. The number of likely N-dealkylation sites (tertiary alicyclic amines) is 1. The maximum absolute atomic E-state index is 12.9. The van der Waals surface area contributed by atoms with Crippen molar-refractivity contribution in [3.63, 3.8) is 0 Å². The lowest BCUT2D eigenvalue weighted by atomic mass is 9.53. The Morgan fingerprint density at radius 3 is 2.32 bits per heavy atom. The molecule has 0 spiro atoms. The van der Waals surface area contributed by atoms with Gasteiger partial charge in [0, 0.05) is 25.0 Å². The zero-order valence-electron chi connectivity index (χ0n) is 15.8. The lowest BCUT2D eigenvalue weighted by Gasteiger charge is -2.57. The third kappa shape index (κ3) is 3.57. The number of carbonyl (C=O) groups excluding carboxylic acids is 2. The van der Waals surface area contributed by atoms with Crippen molar-refractivity contribution in [3.8, 4) is 0 Å². The molecule has 5 nitrogen and oxygen atoms in total. The van der Waals surface area contributed by atoms with Gasteiger partial charge < -0.3 is 15.1 Å². The molecule has 4 bridgehead atoms. The van der Waals surface area contributed by atoms with Gasteiger partial charge in [-0.2, -0.15) is 0 Å². The highest BCUT2D eigenvalue weighted by molar-refractivity contribution is 5.89. The van der Waals surface area contributed by atoms with Gasteiger partial charge in [-0.25, -0.2) is 0 Å². The van der Waals surface area contributed by atoms with Crippen LogP contribution in [0.5, 0.6) is 0 Å². The Morgan fingerprint density at radius 1 is 1.16 bits per heavy atom.